The number of amides is 1. The van der Waals surface area contributed by atoms with Crippen LogP contribution in [0.5, 0.6) is 0 Å². The Balaban J connectivity index is 0.00000574. The summed E-state index contributed by atoms with van der Waals surface area (Å²) in [5.74, 6) is -0.692. The summed E-state index contributed by atoms with van der Waals surface area (Å²) in [6.07, 6.45) is 16.7. The first-order valence-electron chi connectivity index (χ1n) is 25.5. The number of benzene rings is 5. The number of fused-ring (bicyclic) bond motifs is 2. The van der Waals surface area contributed by atoms with E-state index in [4.69, 9.17) is 9.47 Å². The van der Waals surface area contributed by atoms with Crippen molar-refractivity contribution >= 4 is 78.8 Å². The summed E-state index contributed by atoms with van der Waals surface area (Å²) in [6.45, 7) is 9.83. The van der Waals surface area contributed by atoms with E-state index in [2.05, 4.69) is 14.8 Å². The van der Waals surface area contributed by atoms with Crippen LogP contribution in [0.1, 0.15) is 98.1 Å². The number of esters is 1. The second-order valence-corrected chi connectivity index (χ2v) is 24.8. The summed E-state index contributed by atoms with van der Waals surface area (Å²) in [6, 6.07) is 33.9. The van der Waals surface area contributed by atoms with Crippen LogP contribution in [0.15, 0.2) is 173 Å². The Morgan fingerprint density at radius 2 is 1.34 bits per heavy atom. The molecule has 19 heteroatoms. The number of ether oxygens (including phenoxy) is 2. The van der Waals surface area contributed by atoms with Crippen molar-refractivity contribution in [1.82, 2.24) is 5.32 Å². The van der Waals surface area contributed by atoms with Crippen LogP contribution in [0.25, 0.3) is 0 Å². The predicted molar refractivity (Wildman–Crippen MR) is 303 cm³/mol. The van der Waals surface area contributed by atoms with Gasteiger partial charge in [0, 0.05) is 84.8 Å². The molecule has 0 radical (unpaired) electrons. The molecule has 2 N–H and O–H groups in total. The van der Waals surface area contributed by atoms with E-state index in [0.717, 1.165) is 57.4 Å². The number of methoxy groups -OCH3 is 2. The molecule has 14 nitrogen and oxygen atoms in total. The van der Waals surface area contributed by atoms with Gasteiger partial charge >= 0.3 is 65.1 Å². The van der Waals surface area contributed by atoms with Crippen molar-refractivity contribution in [1.29, 1.82) is 0 Å². The van der Waals surface area contributed by atoms with Crippen LogP contribution >= 0.6 is 7.92 Å². The van der Waals surface area contributed by atoms with Crippen molar-refractivity contribution in [3.05, 3.63) is 186 Å². The van der Waals surface area contributed by atoms with Crippen molar-refractivity contribution in [2.75, 3.05) is 45.4 Å². The van der Waals surface area contributed by atoms with E-state index in [0.29, 0.717) is 68.4 Å². The van der Waals surface area contributed by atoms with Gasteiger partial charge in [-0.15, -0.1) is 0 Å². The standard InChI is InChI=1S/C60H66N3O11PS2.2Na/c1-59(2)50-41-47(76(67,68)69)31-34-52(50)62(55(59)28-18-8-7-9-19-29-56-60(3,4)51-42-48(77(70,71)72)32-35-53(51)63(56)38-39-73-5)37-20-12-13-22-44(64)23-21-36-61-57(65)43-30-33-49(58(66)74-6)54(40-43)75(45-24-14-10-15-25-45)46-26-16-11-17-27-46;;/h7-11,14-19,24-35,40-42H,12-13,20-23,36-39H2,1-6H3,(H2-,61,65,67,68,69,70,71,72);;/q;2*+1. The zero-order chi connectivity index (χ0) is 55.5. The number of hydrogen-bond acceptors (Lipinski definition) is 11. The molecule has 7 rings (SSSR count). The Bertz CT molecular complexity index is 3360. The third-order valence-electron chi connectivity index (χ3n) is 14.0. The number of unbranched alkanes of at least 4 members (excludes halogenated alkanes) is 2. The van der Waals surface area contributed by atoms with Crippen LogP contribution < -0.4 is 85.2 Å². The van der Waals surface area contributed by atoms with Gasteiger partial charge in [-0.1, -0.05) is 105 Å². The zero-order valence-corrected chi connectivity index (χ0v) is 52.8. The number of Topliss-reactive ketones (excluding diaryl/α,β-unsaturated/α-hetero) is 1. The number of carbonyl (C=O) groups excluding carboxylic acids is 3. The summed E-state index contributed by atoms with van der Waals surface area (Å²) in [5.41, 5.74) is 4.52. The maximum atomic E-state index is 13.5. The number of rotatable bonds is 24. The van der Waals surface area contributed by atoms with Gasteiger partial charge in [0.1, 0.15) is 22.4 Å². The molecule has 0 aliphatic carbocycles. The molecule has 79 heavy (non-hydrogen) atoms. The summed E-state index contributed by atoms with van der Waals surface area (Å²) < 4.78 is 82.7. The number of nitrogens with one attached hydrogen (secondary N) is 1. The molecule has 5 aromatic carbocycles. The van der Waals surface area contributed by atoms with Crippen LogP contribution in [-0.4, -0.2) is 94.3 Å². The van der Waals surface area contributed by atoms with Gasteiger partial charge in [0.2, 0.25) is 5.69 Å². The fourth-order valence-electron chi connectivity index (χ4n) is 9.98. The summed E-state index contributed by atoms with van der Waals surface area (Å²) in [4.78, 5) is 41.2. The molecule has 0 saturated heterocycles. The molecule has 0 unspecified atom stereocenters. The molecule has 2 aliphatic rings. The van der Waals surface area contributed by atoms with Crippen LogP contribution in [0, 0.1) is 0 Å². The fraction of sp³-hybridized carbons (Fsp3) is 0.300. The van der Waals surface area contributed by atoms with E-state index >= 15 is 0 Å². The molecule has 0 aromatic heterocycles. The molecule has 0 spiro atoms. The minimum Gasteiger partial charge on any atom is -0.744 e. The van der Waals surface area contributed by atoms with Gasteiger partial charge in [-0.2, -0.15) is 13.0 Å². The predicted octanol–water partition coefficient (Wildman–Crippen LogP) is 3.10. The van der Waals surface area contributed by atoms with Gasteiger partial charge < -0.3 is 24.2 Å². The van der Waals surface area contributed by atoms with Crippen LogP contribution in [0.2, 0.25) is 0 Å². The molecule has 404 valence electrons. The van der Waals surface area contributed by atoms with Gasteiger partial charge in [0.25, 0.3) is 16.0 Å². The third-order valence-corrected chi connectivity index (χ3v) is 18.1. The molecule has 0 bridgehead atoms. The normalized spacial score (nSPS) is 15.2. The first-order chi connectivity index (χ1) is 36.7. The maximum absolute atomic E-state index is 13.5. The number of allylic oxidation sites excluding steroid dienone is 8. The maximum Gasteiger partial charge on any atom is 1.00 e. The molecule has 0 fully saturated rings. The van der Waals surface area contributed by atoms with E-state index in [1.165, 1.54) is 31.4 Å². The minimum absolute atomic E-state index is 0. The first kappa shape index (κ1) is 65.2. The Morgan fingerprint density at radius 3 is 1.97 bits per heavy atom. The fourth-order valence-corrected chi connectivity index (χ4v) is 13.5. The van der Waals surface area contributed by atoms with Gasteiger partial charge in [-0.3, -0.25) is 14.1 Å². The number of hydrogen-bond donors (Lipinski definition) is 2. The van der Waals surface area contributed by atoms with Crippen LogP contribution in [-0.2, 0) is 45.3 Å². The number of ketones is 1. The van der Waals surface area contributed by atoms with Gasteiger partial charge in [-0.05, 0) is 112 Å². The largest absolute Gasteiger partial charge is 1.00 e. The average Bonchev–Trinajstić information content (AvgIpc) is 3.98. The number of anilines is 1. The SMILES string of the molecule is COCCN1C(=CC=CC=CC=CC2=[N+](CCCCCC(=O)CCCNC(=O)c3ccc(C(=O)OC)c(P(c4ccccc4)c4ccccc4)c3)c3ccc(S(=O)(=O)[O-])cc3C2(C)C)C(C)(C)c2cc(S(=O)(=O)O)ccc21.[Na+].[Na+]. The van der Waals surface area contributed by atoms with E-state index in [-0.39, 0.29) is 80.6 Å². The van der Waals surface area contributed by atoms with Crippen molar-refractivity contribution in [2.24, 2.45) is 0 Å². The second kappa shape index (κ2) is 28.9. The number of carbonyl (C=O) groups is 3. The average molecular weight is 1150 g/mol. The topological polar surface area (TPSA) is 200 Å². The Kier molecular flexibility index (Phi) is 23.8. The zero-order valence-electron chi connectivity index (χ0n) is 46.3. The summed E-state index contributed by atoms with van der Waals surface area (Å²) in [5, 5.41) is 5.70. The van der Waals surface area contributed by atoms with Crippen molar-refractivity contribution in [2.45, 2.75) is 86.8 Å². The Morgan fingerprint density at radius 1 is 0.722 bits per heavy atom. The monoisotopic (exact) mass is 1150 g/mol. The quantitative estimate of drug-likeness (QED) is 0.0175. The molecule has 1 amide bonds. The van der Waals surface area contributed by atoms with Gasteiger partial charge in [0.05, 0.1) is 34.5 Å². The third kappa shape index (κ3) is 15.9. The van der Waals surface area contributed by atoms with Crippen LogP contribution in [0.3, 0.4) is 0 Å². The van der Waals surface area contributed by atoms with Crippen molar-refractivity contribution in [3.8, 4) is 0 Å². The molecule has 2 aliphatic heterocycles. The van der Waals surface area contributed by atoms with Gasteiger partial charge in [-0.25, -0.2) is 13.2 Å². The molecule has 2 heterocycles. The van der Waals surface area contributed by atoms with Crippen molar-refractivity contribution in [3.63, 3.8) is 0 Å². The Hall–Kier alpha value is -4.65. The molecule has 5 aromatic rings. The smallest absolute Gasteiger partial charge is 0.744 e. The molecule has 0 atom stereocenters. The van der Waals surface area contributed by atoms with E-state index < -0.39 is 45.0 Å². The second-order valence-electron chi connectivity index (χ2n) is 19.8. The van der Waals surface area contributed by atoms with Crippen LogP contribution in [0.4, 0.5) is 11.4 Å². The Labute approximate surface area is 511 Å². The number of nitrogens with zero attached hydrogens (tertiary/aromatic N) is 2. The van der Waals surface area contributed by atoms with Gasteiger partial charge in [0.15, 0.2) is 5.71 Å². The van der Waals surface area contributed by atoms with E-state index in [1.54, 1.807) is 37.4 Å². The molecule has 0 saturated carbocycles. The summed E-state index contributed by atoms with van der Waals surface area (Å²) in [7, 11) is -7.35. The van der Waals surface area contributed by atoms with Crippen molar-refractivity contribution < 1.29 is 113 Å². The summed E-state index contributed by atoms with van der Waals surface area (Å²) >= 11 is 0. The molecular formula is C60H66N3Na2O11PS2+2. The van der Waals surface area contributed by atoms with E-state index in [1.807, 2.05) is 131 Å². The first-order valence-corrected chi connectivity index (χ1v) is 29.7. The minimum atomic E-state index is -4.70. The van der Waals surface area contributed by atoms with E-state index in [9.17, 15) is 40.3 Å². The molecular weight excluding hydrogens is 1080 g/mol.